The summed E-state index contributed by atoms with van der Waals surface area (Å²) in [6, 6.07) is 15.3. The number of carbonyl (C=O) groups excluding carboxylic acids is 3. The molecular weight excluding hydrogens is 424 g/mol. The van der Waals surface area contributed by atoms with Gasteiger partial charge in [0.15, 0.2) is 0 Å². The van der Waals surface area contributed by atoms with E-state index in [9.17, 15) is 14.4 Å². The van der Waals surface area contributed by atoms with E-state index in [1.807, 2.05) is 30.3 Å². The fraction of sp³-hybridized carbons (Fsp3) is 0.400. The number of rotatable bonds is 10. The van der Waals surface area contributed by atoms with E-state index in [-0.39, 0.29) is 18.9 Å². The number of esters is 1. The maximum atomic E-state index is 12.8. The molecule has 8 nitrogen and oxygen atoms in total. The average Bonchev–Trinajstić information content (AvgIpc) is 2.80. The van der Waals surface area contributed by atoms with Gasteiger partial charge in [-0.25, -0.2) is 5.48 Å². The van der Waals surface area contributed by atoms with E-state index in [0.717, 1.165) is 0 Å². The lowest BCUT2D eigenvalue weighted by atomic mass is 9.95. The summed E-state index contributed by atoms with van der Waals surface area (Å²) in [6.07, 6.45) is 0.638. The van der Waals surface area contributed by atoms with Gasteiger partial charge in [-0.05, 0) is 70.0 Å². The summed E-state index contributed by atoms with van der Waals surface area (Å²) in [6.45, 7) is 6.90. The number of ether oxygens (including phenoxy) is 2. The van der Waals surface area contributed by atoms with Crippen molar-refractivity contribution in [2.45, 2.75) is 46.6 Å². The number of hydroxylamine groups is 1. The third kappa shape index (κ3) is 8.23. The highest BCUT2D eigenvalue weighted by Crippen LogP contribution is 2.22. The molecule has 2 amide bonds. The molecule has 33 heavy (non-hydrogen) atoms. The van der Waals surface area contributed by atoms with Crippen molar-refractivity contribution in [3.05, 3.63) is 60.2 Å². The van der Waals surface area contributed by atoms with Gasteiger partial charge in [-0.2, -0.15) is 0 Å². The molecule has 178 valence electrons. The zero-order valence-corrected chi connectivity index (χ0v) is 19.5. The van der Waals surface area contributed by atoms with Crippen LogP contribution in [-0.2, 0) is 14.3 Å². The van der Waals surface area contributed by atoms with Crippen LogP contribution >= 0.6 is 0 Å². The molecule has 0 aliphatic rings. The van der Waals surface area contributed by atoms with Gasteiger partial charge in [-0.15, -0.1) is 0 Å². The lowest BCUT2D eigenvalue weighted by Crippen LogP contribution is -2.43. The summed E-state index contributed by atoms with van der Waals surface area (Å²) in [5, 5.41) is 11.8. The number of hydrogen-bond acceptors (Lipinski definition) is 6. The van der Waals surface area contributed by atoms with Crippen molar-refractivity contribution < 1.29 is 29.1 Å². The number of nitrogens with one attached hydrogen (secondary N) is 2. The monoisotopic (exact) mass is 456 g/mol. The van der Waals surface area contributed by atoms with Crippen LogP contribution in [0.3, 0.4) is 0 Å². The first-order valence-electron chi connectivity index (χ1n) is 10.9. The molecule has 0 bridgehead atoms. The molecule has 2 rings (SSSR count). The van der Waals surface area contributed by atoms with Gasteiger partial charge in [0.2, 0.25) is 5.91 Å². The summed E-state index contributed by atoms with van der Waals surface area (Å²) in [5.41, 5.74) is 1.34. The zero-order chi connectivity index (χ0) is 24.4. The maximum Gasteiger partial charge on any atom is 0.311 e. The van der Waals surface area contributed by atoms with Gasteiger partial charge in [0, 0.05) is 11.5 Å². The molecule has 2 aromatic rings. The highest BCUT2D eigenvalue weighted by Gasteiger charge is 2.27. The largest absolute Gasteiger partial charge is 0.463 e. The van der Waals surface area contributed by atoms with E-state index < -0.39 is 29.3 Å². The number of benzene rings is 2. The van der Waals surface area contributed by atoms with E-state index in [4.69, 9.17) is 14.7 Å². The normalized spacial score (nSPS) is 12.9. The molecule has 0 unspecified atom stereocenters. The Bertz CT molecular complexity index is 922. The van der Waals surface area contributed by atoms with E-state index in [1.54, 1.807) is 57.4 Å². The van der Waals surface area contributed by atoms with Crippen molar-refractivity contribution in [1.82, 2.24) is 10.8 Å². The lowest BCUT2D eigenvalue weighted by molar-refractivity contribution is -0.153. The van der Waals surface area contributed by atoms with Crippen molar-refractivity contribution in [3.63, 3.8) is 0 Å². The molecule has 2 aromatic carbocycles. The lowest BCUT2D eigenvalue weighted by Gasteiger charge is -2.24. The summed E-state index contributed by atoms with van der Waals surface area (Å²) in [4.78, 5) is 36.9. The van der Waals surface area contributed by atoms with Crippen molar-refractivity contribution in [2.24, 2.45) is 11.3 Å². The van der Waals surface area contributed by atoms with Crippen molar-refractivity contribution in [2.75, 3.05) is 6.61 Å². The molecule has 0 saturated carbocycles. The molecule has 0 spiro atoms. The molecule has 0 radical (unpaired) electrons. The van der Waals surface area contributed by atoms with E-state index >= 15 is 0 Å². The zero-order valence-electron chi connectivity index (χ0n) is 19.5. The molecule has 0 aromatic heterocycles. The van der Waals surface area contributed by atoms with E-state index in [2.05, 4.69) is 5.32 Å². The Balaban J connectivity index is 2.08. The molecule has 2 atom stereocenters. The predicted octanol–water partition coefficient (Wildman–Crippen LogP) is 4.09. The van der Waals surface area contributed by atoms with Crippen LogP contribution in [0, 0.1) is 11.3 Å². The summed E-state index contributed by atoms with van der Waals surface area (Å²) >= 11 is 0. The van der Waals surface area contributed by atoms with Crippen LogP contribution in [0.1, 0.15) is 50.9 Å². The summed E-state index contributed by atoms with van der Waals surface area (Å²) < 4.78 is 11.1. The molecule has 3 N–H and O–H groups in total. The Morgan fingerprint density at radius 3 is 2.12 bits per heavy atom. The standard InChI is InChI=1S/C25H32N2O6/c1-5-17(23(29)27-31)15-19(16-32-24(30)25(2,3)4)26-22(28)18-11-13-21(14-12-18)33-20-9-7-6-8-10-20/h6-14,17,19,31H,5,15-16H2,1-4H3,(H,26,28)(H,27,29)/t17-,19-/m0/s1. The molecule has 0 aliphatic carbocycles. The van der Waals surface area contributed by atoms with Gasteiger partial charge in [-0.3, -0.25) is 19.6 Å². The van der Waals surface area contributed by atoms with E-state index in [0.29, 0.717) is 23.5 Å². The van der Waals surface area contributed by atoms with Gasteiger partial charge in [0.25, 0.3) is 5.91 Å². The van der Waals surface area contributed by atoms with Crippen LogP contribution in [0.5, 0.6) is 11.5 Å². The molecule has 8 heteroatoms. The minimum absolute atomic E-state index is 0.0910. The summed E-state index contributed by atoms with van der Waals surface area (Å²) in [7, 11) is 0. The minimum atomic E-state index is -0.699. The second-order valence-electron chi connectivity index (χ2n) is 8.78. The van der Waals surface area contributed by atoms with Crippen LogP contribution in [0.15, 0.2) is 54.6 Å². The van der Waals surface area contributed by atoms with Crippen LogP contribution < -0.4 is 15.5 Å². The Kier molecular flexibility index (Phi) is 9.42. The van der Waals surface area contributed by atoms with Crippen molar-refractivity contribution in [1.29, 1.82) is 0 Å². The van der Waals surface area contributed by atoms with Gasteiger partial charge < -0.3 is 14.8 Å². The van der Waals surface area contributed by atoms with Crippen molar-refractivity contribution in [3.8, 4) is 11.5 Å². The quantitative estimate of drug-likeness (QED) is 0.282. The Hall–Kier alpha value is -3.39. The third-order valence-corrected chi connectivity index (χ3v) is 5.00. The van der Waals surface area contributed by atoms with Crippen LogP contribution in [0.25, 0.3) is 0 Å². The Morgan fingerprint density at radius 2 is 1.58 bits per heavy atom. The van der Waals surface area contributed by atoms with Gasteiger partial charge in [-0.1, -0.05) is 25.1 Å². The molecule has 0 saturated heterocycles. The first-order chi connectivity index (χ1) is 15.6. The second kappa shape index (κ2) is 12.0. The minimum Gasteiger partial charge on any atom is -0.463 e. The fourth-order valence-electron chi connectivity index (χ4n) is 3.02. The van der Waals surface area contributed by atoms with Gasteiger partial charge in [0.05, 0.1) is 11.5 Å². The molecular formula is C25H32N2O6. The van der Waals surface area contributed by atoms with Crippen molar-refractivity contribution >= 4 is 17.8 Å². The fourth-order valence-corrected chi connectivity index (χ4v) is 3.02. The Morgan fingerprint density at radius 1 is 0.970 bits per heavy atom. The third-order valence-electron chi connectivity index (χ3n) is 5.00. The molecule has 0 heterocycles. The topological polar surface area (TPSA) is 114 Å². The smallest absolute Gasteiger partial charge is 0.311 e. The molecule has 0 fully saturated rings. The highest BCUT2D eigenvalue weighted by atomic mass is 16.5. The first kappa shape index (κ1) is 25.9. The predicted molar refractivity (Wildman–Crippen MR) is 123 cm³/mol. The summed E-state index contributed by atoms with van der Waals surface area (Å²) in [5.74, 6) is -0.639. The highest BCUT2D eigenvalue weighted by molar-refractivity contribution is 5.94. The number of para-hydroxylation sites is 1. The second-order valence-corrected chi connectivity index (χ2v) is 8.78. The first-order valence-corrected chi connectivity index (χ1v) is 10.9. The number of carbonyl (C=O) groups is 3. The number of amides is 2. The van der Waals surface area contributed by atoms with Crippen LogP contribution in [0.4, 0.5) is 0 Å². The number of hydrogen-bond donors (Lipinski definition) is 3. The SMILES string of the molecule is CC[C@@H](C[C@@H](COC(=O)C(C)(C)C)NC(=O)c1ccc(Oc2ccccc2)cc1)C(=O)NO. The average molecular weight is 457 g/mol. The van der Waals surface area contributed by atoms with E-state index in [1.165, 1.54) is 0 Å². The maximum absolute atomic E-state index is 12.8. The van der Waals surface area contributed by atoms with Gasteiger partial charge in [0.1, 0.15) is 18.1 Å². The molecule has 0 aliphatic heterocycles. The Labute approximate surface area is 194 Å². The van der Waals surface area contributed by atoms with Crippen LogP contribution in [-0.4, -0.2) is 35.6 Å². The van der Waals surface area contributed by atoms with Crippen LogP contribution in [0.2, 0.25) is 0 Å². The van der Waals surface area contributed by atoms with Gasteiger partial charge >= 0.3 is 5.97 Å².